The lowest BCUT2D eigenvalue weighted by molar-refractivity contribution is 0.142. The molecule has 0 unspecified atom stereocenters. The number of aliphatic hydroxyl groups excluding tert-OH is 1. The van der Waals surface area contributed by atoms with Crippen molar-refractivity contribution in [3.63, 3.8) is 0 Å². The molecule has 0 aromatic carbocycles. The van der Waals surface area contributed by atoms with Crippen LogP contribution in [-0.2, 0) is 0 Å². The van der Waals surface area contributed by atoms with Gasteiger partial charge in [-0.3, -0.25) is 4.98 Å². The highest BCUT2D eigenvalue weighted by Crippen LogP contribution is 2.37. The molecule has 2 N–H and O–H groups in total. The summed E-state index contributed by atoms with van der Waals surface area (Å²) in [7, 11) is 0. The van der Waals surface area contributed by atoms with E-state index >= 15 is 0 Å². The first-order valence-corrected chi connectivity index (χ1v) is 5.88. The lowest BCUT2D eigenvalue weighted by Gasteiger charge is -2.27. The zero-order valence-electron chi connectivity index (χ0n) is 9.74. The van der Waals surface area contributed by atoms with Gasteiger partial charge in [-0.2, -0.15) is 0 Å². The molecule has 1 saturated carbocycles. The van der Waals surface area contributed by atoms with Crippen molar-refractivity contribution in [3.05, 3.63) is 18.1 Å². The number of aromatic nitrogens is 2. The van der Waals surface area contributed by atoms with Gasteiger partial charge >= 0.3 is 0 Å². The normalized spacial score (nSPS) is 18.6. The van der Waals surface area contributed by atoms with Crippen molar-refractivity contribution < 1.29 is 5.11 Å². The van der Waals surface area contributed by atoms with Crippen molar-refractivity contribution >= 4 is 5.82 Å². The van der Waals surface area contributed by atoms with Crippen LogP contribution in [0.5, 0.6) is 0 Å². The first-order chi connectivity index (χ1) is 7.76. The summed E-state index contributed by atoms with van der Waals surface area (Å²) in [4.78, 5) is 8.43. The van der Waals surface area contributed by atoms with E-state index in [1.807, 2.05) is 6.92 Å². The molecule has 16 heavy (non-hydrogen) atoms. The Balaban J connectivity index is 1.98. The Morgan fingerprint density at radius 3 is 2.62 bits per heavy atom. The highest BCUT2D eigenvalue weighted by atomic mass is 16.3. The summed E-state index contributed by atoms with van der Waals surface area (Å²) < 4.78 is 0. The number of rotatable bonds is 4. The van der Waals surface area contributed by atoms with Gasteiger partial charge in [0.25, 0.3) is 0 Å². The molecule has 4 nitrogen and oxygen atoms in total. The van der Waals surface area contributed by atoms with Gasteiger partial charge < -0.3 is 10.4 Å². The number of aliphatic hydroxyl groups is 1. The van der Waals surface area contributed by atoms with Gasteiger partial charge in [0.2, 0.25) is 0 Å². The molecule has 0 saturated heterocycles. The average molecular weight is 221 g/mol. The minimum absolute atomic E-state index is 0.0595. The maximum atomic E-state index is 9.49. The van der Waals surface area contributed by atoms with Gasteiger partial charge in [0.15, 0.2) is 0 Å². The molecule has 1 aliphatic carbocycles. The van der Waals surface area contributed by atoms with Crippen LogP contribution in [0.3, 0.4) is 0 Å². The third-order valence-corrected chi connectivity index (χ3v) is 3.51. The molecule has 0 atom stereocenters. The fourth-order valence-corrected chi connectivity index (χ4v) is 2.37. The molecular weight excluding hydrogens is 202 g/mol. The van der Waals surface area contributed by atoms with E-state index in [0.717, 1.165) is 30.9 Å². The van der Waals surface area contributed by atoms with E-state index in [0.29, 0.717) is 0 Å². The summed E-state index contributed by atoms with van der Waals surface area (Å²) in [6.45, 7) is 3.00. The third-order valence-electron chi connectivity index (χ3n) is 3.51. The summed E-state index contributed by atoms with van der Waals surface area (Å²) in [5, 5.41) is 12.8. The van der Waals surface area contributed by atoms with Crippen LogP contribution >= 0.6 is 0 Å². The Morgan fingerprint density at radius 2 is 2.00 bits per heavy atom. The summed E-state index contributed by atoms with van der Waals surface area (Å²) >= 11 is 0. The van der Waals surface area contributed by atoms with Gasteiger partial charge in [0.05, 0.1) is 12.3 Å². The van der Waals surface area contributed by atoms with Crippen molar-refractivity contribution in [1.29, 1.82) is 0 Å². The lowest BCUT2D eigenvalue weighted by atomic mass is 9.87. The highest BCUT2D eigenvalue weighted by molar-refractivity contribution is 5.38. The van der Waals surface area contributed by atoms with Crippen LogP contribution in [0, 0.1) is 12.3 Å². The highest BCUT2D eigenvalue weighted by Gasteiger charge is 2.33. The van der Waals surface area contributed by atoms with E-state index in [4.69, 9.17) is 0 Å². The molecule has 4 heteroatoms. The molecule has 2 rings (SSSR count). The maximum Gasteiger partial charge on any atom is 0.147 e. The zero-order valence-corrected chi connectivity index (χ0v) is 9.74. The molecule has 0 spiro atoms. The second-order valence-corrected chi connectivity index (χ2v) is 4.71. The number of anilines is 1. The molecule has 1 fully saturated rings. The molecule has 0 aliphatic heterocycles. The molecule has 0 amide bonds. The SMILES string of the molecule is Cc1nccnc1NCC1(CO)CCCC1. The van der Waals surface area contributed by atoms with Crippen LogP contribution in [0.15, 0.2) is 12.4 Å². The summed E-state index contributed by atoms with van der Waals surface area (Å²) in [5.74, 6) is 0.835. The van der Waals surface area contributed by atoms with Gasteiger partial charge in [0, 0.05) is 24.4 Å². The second-order valence-electron chi connectivity index (χ2n) is 4.71. The van der Waals surface area contributed by atoms with Gasteiger partial charge in [0.1, 0.15) is 5.82 Å². The fraction of sp³-hybridized carbons (Fsp3) is 0.667. The predicted molar refractivity (Wildman–Crippen MR) is 63.2 cm³/mol. The van der Waals surface area contributed by atoms with Crippen LogP contribution < -0.4 is 5.32 Å². The number of hydrogen-bond donors (Lipinski definition) is 2. The van der Waals surface area contributed by atoms with E-state index in [1.54, 1.807) is 12.4 Å². The van der Waals surface area contributed by atoms with Crippen LogP contribution in [0.25, 0.3) is 0 Å². The second kappa shape index (κ2) is 4.78. The Hall–Kier alpha value is -1.16. The molecular formula is C12H19N3O. The first kappa shape index (κ1) is 11.3. The smallest absolute Gasteiger partial charge is 0.147 e. The Labute approximate surface area is 96.1 Å². The van der Waals surface area contributed by atoms with E-state index < -0.39 is 0 Å². The van der Waals surface area contributed by atoms with Crippen molar-refractivity contribution in [2.75, 3.05) is 18.5 Å². The minimum Gasteiger partial charge on any atom is -0.396 e. The Kier molecular flexibility index (Phi) is 3.39. The Morgan fingerprint density at radius 1 is 1.31 bits per heavy atom. The summed E-state index contributed by atoms with van der Waals surface area (Å²) in [5.41, 5.74) is 0.970. The standard InChI is InChI=1S/C12H19N3O/c1-10-11(14-7-6-13-10)15-8-12(9-16)4-2-3-5-12/h6-7,16H,2-5,8-9H2,1H3,(H,14,15). The molecule has 1 aromatic heterocycles. The van der Waals surface area contributed by atoms with Crippen LogP contribution in [0.1, 0.15) is 31.4 Å². The molecule has 0 bridgehead atoms. The van der Waals surface area contributed by atoms with Gasteiger partial charge in [-0.25, -0.2) is 4.98 Å². The van der Waals surface area contributed by atoms with Gasteiger partial charge in [-0.15, -0.1) is 0 Å². The number of nitrogens with one attached hydrogen (secondary N) is 1. The van der Waals surface area contributed by atoms with Crippen LogP contribution in [0.2, 0.25) is 0 Å². The number of hydrogen-bond acceptors (Lipinski definition) is 4. The summed E-state index contributed by atoms with van der Waals surface area (Å²) in [6, 6.07) is 0. The number of nitrogens with zero attached hydrogens (tertiary/aromatic N) is 2. The summed E-state index contributed by atoms with van der Waals surface area (Å²) in [6.07, 6.45) is 8.04. The van der Waals surface area contributed by atoms with E-state index in [9.17, 15) is 5.11 Å². The largest absolute Gasteiger partial charge is 0.396 e. The Bertz CT molecular complexity index is 348. The van der Waals surface area contributed by atoms with Gasteiger partial charge in [-0.1, -0.05) is 12.8 Å². The zero-order chi connectivity index (χ0) is 11.4. The monoisotopic (exact) mass is 221 g/mol. The fourth-order valence-electron chi connectivity index (χ4n) is 2.37. The number of aryl methyl sites for hydroxylation is 1. The van der Waals surface area contributed by atoms with E-state index in [1.165, 1.54) is 12.8 Å². The first-order valence-electron chi connectivity index (χ1n) is 5.88. The molecule has 0 radical (unpaired) electrons. The van der Waals surface area contributed by atoms with E-state index in [2.05, 4.69) is 15.3 Å². The van der Waals surface area contributed by atoms with Crippen molar-refractivity contribution in [2.45, 2.75) is 32.6 Å². The van der Waals surface area contributed by atoms with E-state index in [-0.39, 0.29) is 12.0 Å². The quantitative estimate of drug-likeness (QED) is 0.813. The topological polar surface area (TPSA) is 58.0 Å². The third kappa shape index (κ3) is 2.32. The van der Waals surface area contributed by atoms with Crippen molar-refractivity contribution in [1.82, 2.24) is 9.97 Å². The maximum absolute atomic E-state index is 9.49. The predicted octanol–water partition coefficient (Wildman–Crippen LogP) is 1.75. The average Bonchev–Trinajstić information content (AvgIpc) is 2.78. The van der Waals surface area contributed by atoms with Gasteiger partial charge in [-0.05, 0) is 19.8 Å². The molecule has 88 valence electrons. The lowest BCUT2D eigenvalue weighted by Crippen LogP contribution is -2.31. The molecule has 1 heterocycles. The van der Waals surface area contributed by atoms with Crippen LogP contribution in [0.4, 0.5) is 5.82 Å². The minimum atomic E-state index is 0.0595. The van der Waals surface area contributed by atoms with Crippen LogP contribution in [-0.4, -0.2) is 28.2 Å². The molecule has 1 aliphatic rings. The molecule has 1 aromatic rings. The van der Waals surface area contributed by atoms with Crippen molar-refractivity contribution in [2.24, 2.45) is 5.41 Å². The van der Waals surface area contributed by atoms with Crippen molar-refractivity contribution in [3.8, 4) is 0 Å².